The molecule has 0 atom stereocenters. The second-order valence-electron chi connectivity index (χ2n) is 4.09. The second kappa shape index (κ2) is 5.98. The number of rotatable bonds is 2. The minimum atomic E-state index is 0.504. The number of nitrogens with zero attached hydrogens (tertiary/aromatic N) is 1. The molecule has 94 valence electrons. The molecule has 2 rings (SSSR count). The second-order valence-corrected chi connectivity index (χ2v) is 4.49. The largest absolute Gasteiger partial charge is 0.332 e. The number of anilines is 2. The van der Waals surface area contributed by atoms with Crippen molar-refractivity contribution in [2.75, 3.05) is 10.6 Å². The van der Waals surface area contributed by atoms with E-state index in [4.69, 9.17) is 17.5 Å². The molecule has 2 aromatic rings. The summed E-state index contributed by atoms with van der Waals surface area (Å²) in [6.07, 6.45) is 0. The van der Waals surface area contributed by atoms with Crippen LogP contribution < -0.4 is 10.6 Å². The maximum Gasteiger partial charge on any atom is 0.175 e. The van der Waals surface area contributed by atoms with Crippen molar-refractivity contribution in [2.24, 2.45) is 0 Å². The number of hydrogen-bond donors (Lipinski definition) is 2. The molecule has 0 bridgehead atoms. The predicted octanol–water partition coefficient (Wildman–Crippen LogP) is 3.68. The summed E-state index contributed by atoms with van der Waals surface area (Å²) in [4.78, 5) is 0. The van der Waals surface area contributed by atoms with Gasteiger partial charge in [0, 0.05) is 11.4 Å². The first kappa shape index (κ1) is 13.1. The Morgan fingerprint density at radius 1 is 1.11 bits per heavy atom. The molecule has 0 unspecified atom stereocenters. The van der Waals surface area contributed by atoms with Crippen molar-refractivity contribution in [3.63, 3.8) is 0 Å². The van der Waals surface area contributed by atoms with Gasteiger partial charge in [0.2, 0.25) is 0 Å². The van der Waals surface area contributed by atoms with E-state index < -0.39 is 0 Å². The SMILES string of the molecule is Cc1ccc(C#N)cc1NC(=S)Nc1ccccc1. The molecular weight excluding hydrogens is 254 g/mol. The van der Waals surface area contributed by atoms with E-state index in [1.807, 2.05) is 43.3 Å². The van der Waals surface area contributed by atoms with Gasteiger partial charge in [-0.05, 0) is 49.0 Å². The highest BCUT2D eigenvalue weighted by Crippen LogP contribution is 2.17. The molecule has 0 heterocycles. The summed E-state index contributed by atoms with van der Waals surface area (Å²) in [6.45, 7) is 1.97. The monoisotopic (exact) mass is 267 g/mol. The highest BCUT2D eigenvalue weighted by molar-refractivity contribution is 7.80. The summed E-state index contributed by atoms with van der Waals surface area (Å²) >= 11 is 5.25. The predicted molar refractivity (Wildman–Crippen MR) is 82.2 cm³/mol. The summed E-state index contributed by atoms with van der Waals surface area (Å²) in [5, 5.41) is 15.6. The van der Waals surface area contributed by atoms with E-state index in [0.29, 0.717) is 10.7 Å². The van der Waals surface area contributed by atoms with Crippen LogP contribution in [-0.4, -0.2) is 5.11 Å². The van der Waals surface area contributed by atoms with Gasteiger partial charge < -0.3 is 10.6 Å². The minimum absolute atomic E-state index is 0.504. The molecule has 0 spiro atoms. The average molecular weight is 267 g/mol. The Balaban J connectivity index is 2.09. The summed E-state index contributed by atoms with van der Waals surface area (Å²) in [6, 6.07) is 17.3. The first-order valence-corrected chi connectivity index (χ1v) is 6.23. The smallest absolute Gasteiger partial charge is 0.175 e. The molecular formula is C15H13N3S. The highest BCUT2D eigenvalue weighted by atomic mass is 32.1. The third-order valence-electron chi connectivity index (χ3n) is 2.65. The van der Waals surface area contributed by atoms with Crippen molar-refractivity contribution in [3.05, 3.63) is 59.7 Å². The lowest BCUT2D eigenvalue weighted by atomic mass is 10.1. The van der Waals surface area contributed by atoms with Crippen molar-refractivity contribution >= 4 is 28.7 Å². The normalized spacial score (nSPS) is 9.47. The van der Waals surface area contributed by atoms with Gasteiger partial charge in [-0.25, -0.2) is 0 Å². The van der Waals surface area contributed by atoms with Crippen LogP contribution in [0.1, 0.15) is 11.1 Å². The van der Waals surface area contributed by atoms with Gasteiger partial charge in [-0.2, -0.15) is 5.26 Å². The number of aryl methyl sites for hydroxylation is 1. The summed E-state index contributed by atoms with van der Waals surface area (Å²) in [7, 11) is 0. The van der Waals surface area contributed by atoms with Gasteiger partial charge in [-0.3, -0.25) is 0 Å². The molecule has 0 radical (unpaired) electrons. The highest BCUT2D eigenvalue weighted by Gasteiger charge is 2.03. The number of para-hydroxylation sites is 1. The Kier molecular flexibility index (Phi) is 4.11. The Morgan fingerprint density at radius 3 is 2.53 bits per heavy atom. The maximum atomic E-state index is 8.90. The molecule has 0 amide bonds. The molecule has 0 saturated carbocycles. The Morgan fingerprint density at radius 2 is 1.84 bits per heavy atom. The molecule has 0 aliphatic heterocycles. The zero-order valence-corrected chi connectivity index (χ0v) is 11.3. The number of hydrogen-bond acceptors (Lipinski definition) is 2. The molecule has 0 aliphatic rings. The zero-order chi connectivity index (χ0) is 13.7. The zero-order valence-electron chi connectivity index (χ0n) is 10.5. The van der Waals surface area contributed by atoms with Gasteiger partial charge in [0.1, 0.15) is 0 Å². The van der Waals surface area contributed by atoms with Crippen LogP contribution in [0.5, 0.6) is 0 Å². The fourth-order valence-corrected chi connectivity index (χ4v) is 1.86. The molecule has 0 fully saturated rings. The molecule has 3 nitrogen and oxygen atoms in total. The van der Waals surface area contributed by atoms with Crippen LogP contribution in [0.25, 0.3) is 0 Å². The van der Waals surface area contributed by atoms with Gasteiger partial charge in [0.25, 0.3) is 0 Å². The first-order valence-electron chi connectivity index (χ1n) is 5.83. The van der Waals surface area contributed by atoms with Crippen LogP contribution in [0.3, 0.4) is 0 Å². The van der Waals surface area contributed by atoms with Gasteiger partial charge in [0.05, 0.1) is 11.6 Å². The number of thiocarbonyl (C=S) groups is 1. The first-order chi connectivity index (χ1) is 9.19. The number of nitriles is 1. The van der Waals surface area contributed by atoms with Gasteiger partial charge in [0.15, 0.2) is 5.11 Å². The van der Waals surface area contributed by atoms with Gasteiger partial charge in [-0.15, -0.1) is 0 Å². The lowest BCUT2D eigenvalue weighted by Crippen LogP contribution is -2.19. The van der Waals surface area contributed by atoms with Crippen LogP contribution in [0.4, 0.5) is 11.4 Å². The van der Waals surface area contributed by atoms with Crippen LogP contribution in [0.2, 0.25) is 0 Å². The van der Waals surface area contributed by atoms with Gasteiger partial charge in [-0.1, -0.05) is 24.3 Å². The van der Waals surface area contributed by atoms with E-state index in [1.165, 1.54) is 0 Å². The standard InChI is InChI=1S/C15H13N3S/c1-11-7-8-12(10-16)9-14(11)18-15(19)17-13-5-3-2-4-6-13/h2-9H,1H3,(H2,17,18,19). The Hall–Kier alpha value is -2.38. The van der Waals surface area contributed by atoms with Crippen molar-refractivity contribution in [2.45, 2.75) is 6.92 Å². The van der Waals surface area contributed by atoms with Crippen molar-refractivity contribution in [3.8, 4) is 6.07 Å². The Bertz CT molecular complexity index is 630. The lowest BCUT2D eigenvalue weighted by molar-refractivity contribution is 1.42. The third kappa shape index (κ3) is 3.54. The average Bonchev–Trinajstić information content (AvgIpc) is 2.42. The summed E-state index contributed by atoms with van der Waals surface area (Å²) in [5.41, 5.74) is 3.41. The molecule has 0 saturated heterocycles. The maximum absolute atomic E-state index is 8.90. The van der Waals surface area contributed by atoms with Crippen LogP contribution in [-0.2, 0) is 0 Å². The van der Waals surface area contributed by atoms with Crippen LogP contribution in [0.15, 0.2) is 48.5 Å². The lowest BCUT2D eigenvalue weighted by Gasteiger charge is -2.12. The topological polar surface area (TPSA) is 47.9 Å². The summed E-state index contributed by atoms with van der Waals surface area (Å²) in [5.74, 6) is 0. The van der Waals surface area contributed by atoms with E-state index >= 15 is 0 Å². The van der Waals surface area contributed by atoms with Crippen LogP contribution in [0, 0.1) is 18.3 Å². The quantitative estimate of drug-likeness (QED) is 0.815. The molecule has 0 aliphatic carbocycles. The molecule has 4 heteroatoms. The molecule has 2 N–H and O–H groups in total. The Labute approximate surface area is 117 Å². The van der Waals surface area contributed by atoms with Crippen molar-refractivity contribution in [1.29, 1.82) is 5.26 Å². The number of nitrogens with one attached hydrogen (secondary N) is 2. The van der Waals surface area contributed by atoms with Gasteiger partial charge >= 0.3 is 0 Å². The van der Waals surface area contributed by atoms with E-state index in [9.17, 15) is 0 Å². The number of benzene rings is 2. The molecule has 0 aromatic heterocycles. The summed E-state index contributed by atoms with van der Waals surface area (Å²) < 4.78 is 0. The molecule has 2 aromatic carbocycles. The van der Waals surface area contributed by atoms with E-state index in [2.05, 4.69) is 16.7 Å². The minimum Gasteiger partial charge on any atom is -0.332 e. The third-order valence-corrected chi connectivity index (χ3v) is 2.85. The van der Waals surface area contributed by atoms with E-state index in [-0.39, 0.29) is 0 Å². The molecule has 19 heavy (non-hydrogen) atoms. The van der Waals surface area contributed by atoms with E-state index in [0.717, 1.165) is 16.9 Å². The van der Waals surface area contributed by atoms with Crippen LogP contribution >= 0.6 is 12.2 Å². The van der Waals surface area contributed by atoms with E-state index in [1.54, 1.807) is 12.1 Å². The fourth-order valence-electron chi connectivity index (χ4n) is 1.63. The van der Waals surface area contributed by atoms with Crippen molar-refractivity contribution < 1.29 is 0 Å². The van der Waals surface area contributed by atoms with Crippen molar-refractivity contribution in [1.82, 2.24) is 0 Å². The fraction of sp³-hybridized carbons (Fsp3) is 0.0667.